The van der Waals surface area contributed by atoms with E-state index in [1.54, 1.807) is 70.1 Å². The fourth-order valence-corrected chi connectivity index (χ4v) is 4.98. The van der Waals surface area contributed by atoms with Crippen molar-refractivity contribution in [2.75, 3.05) is 31.1 Å². The number of imidazole rings is 1. The molecule has 0 saturated carbocycles. The van der Waals surface area contributed by atoms with Crippen LogP contribution >= 0.6 is 0 Å². The van der Waals surface area contributed by atoms with E-state index in [-0.39, 0.29) is 17.7 Å². The number of piperazine rings is 1. The van der Waals surface area contributed by atoms with E-state index in [0.717, 1.165) is 15.5 Å². The number of alkyl halides is 2. The molecule has 1 amide bonds. The number of benzene rings is 3. The molecule has 0 bridgehead atoms. The van der Waals surface area contributed by atoms with Gasteiger partial charge in [0.05, 0.1) is 16.6 Å². The molecule has 0 atom stereocenters. The Kier molecular flexibility index (Phi) is 5.58. The first-order valence-corrected chi connectivity index (χ1v) is 11.9. The SMILES string of the molecule is Cn1nc(-c2cccc(F)c2)c2ccc(C(=O)N3CCN(c4nc5ccccc5n4C(F)F)CC3)cc21. The standard InChI is InChI=1S/C27H23F3N6O/c1-33-23-16-18(9-10-20(23)24(32-33)17-5-4-6-19(28)15-17)25(37)34-11-13-35(14-12-34)27-31-21-7-2-3-8-22(21)36(27)26(29)30/h2-10,15-16,26H,11-14H2,1H3. The van der Waals surface area contributed by atoms with Crippen LogP contribution in [0.2, 0.25) is 0 Å². The zero-order valence-corrected chi connectivity index (χ0v) is 20.0. The lowest BCUT2D eigenvalue weighted by atomic mass is 10.1. The summed E-state index contributed by atoms with van der Waals surface area (Å²) in [5.74, 6) is -0.270. The van der Waals surface area contributed by atoms with Crippen molar-refractivity contribution >= 4 is 33.8 Å². The van der Waals surface area contributed by atoms with Crippen LogP contribution in [0.15, 0.2) is 66.7 Å². The van der Waals surface area contributed by atoms with Crippen molar-refractivity contribution in [1.29, 1.82) is 0 Å². The highest BCUT2D eigenvalue weighted by molar-refractivity contribution is 6.01. The fraction of sp³-hybridized carbons (Fsp3) is 0.222. The molecule has 10 heteroatoms. The molecule has 1 fully saturated rings. The Bertz CT molecular complexity index is 1630. The van der Waals surface area contributed by atoms with E-state index in [1.807, 2.05) is 6.07 Å². The van der Waals surface area contributed by atoms with Gasteiger partial charge in [-0.05, 0) is 42.5 Å². The highest BCUT2D eigenvalue weighted by atomic mass is 19.3. The maximum atomic E-state index is 13.9. The van der Waals surface area contributed by atoms with Crippen LogP contribution in [0, 0.1) is 5.82 Å². The minimum atomic E-state index is -2.72. The maximum absolute atomic E-state index is 13.9. The number of halogens is 3. The van der Waals surface area contributed by atoms with Crippen molar-refractivity contribution < 1.29 is 18.0 Å². The van der Waals surface area contributed by atoms with Crippen LogP contribution in [0.5, 0.6) is 0 Å². The first-order chi connectivity index (χ1) is 17.9. The first-order valence-electron chi connectivity index (χ1n) is 11.9. The van der Waals surface area contributed by atoms with Gasteiger partial charge in [0.15, 0.2) is 0 Å². The van der Waals surface area contributed by atoms with Crippen molar-refractivity contribution in [3.05, 3.63) is 78.1 Å². The topological polar surface area (TPSA) is 59.2 Å². The number of aryl methyl sites for hydroxylation is 1. The molecule has 6 rings (SSSR count). The number of carbonyl (C=O) groups is 1. The molecule has 0 spiro atoms. The largest absolute Gasteiger partial charge is 0.339 e. The molecule has 7 nitrogen and oxygen atoms in total. The van der Waals surface area contributed by atoms with E-state index in [4.69, 9.17) is 0 Å². The number of aromatic nitrogens is 4. The molecular weight excluding hydrogens is 481 g/mol. The lowest BCUT2D eigenvalue weighted by molar-refractivity contribution is 0.0712. The van der Waals surface area contributed by atoms with Crippen molar-refractivity contribution in [1.82, 2.24) is 24.2 Å². The summed E-state index contributed by atoms with van der Waals surface area (Å²) in [7, 11) is 1.78. The molecule has 188 valence electrons. The third kappa shape index (κ3) is 3.98. The van der Waals surface area contributed by atoms with E-state index < -0.39 is 6.55 Å². The molecule has 1 saturated heterocycles. The lowest BCUT2D eigenvalue weighted by Crippen LogP contribution is -2.49. The number of carbonyl (C=O) groups excluding carboxylic acids is 1. The van der Waals surface area contributed by atoms with E-state index >= 15 is 0 Å². The van der Waals surface area contributed by atoms with Gasteiger partial charge in [-0.2, -0.15) is 13.9 Å². The van der Waals surface area contributed by atoms with Gasteiger partial charge in [-0.1, -0.05) is 24.3 Å². The summed E-state index contributed by atoms with van der Waals surface area (Å²) in [5.41, 5.74) is 3.47. The summed E-state index contributed by atoms with van der Waals surface area (Å²) >= 11 is 0. The van der Waals surface area contributed by atoms with Gasteiger partial charge in [-0.15, -0.1) is 0 Å². The zero-order chi connectivity index (χ0) is 25.7. The van der Waals surface area contributed by atoms with Crippen molar-refractivity contribution in [3.63, 3.8) is 0 Å². The second-order valence-electron chi connectivity index (χ2n) is 9.04. The zero-order valence-electron chi connectivity index (χ0n) is 20.0. The Morgan fingerprint density at radius 3 is 2.46 bits per heavy atom. The Morgan fingerprint density at radius 2 is 1.70 bits per heavy atom. The Labute approximate surface area is 210 Å². The minimum Gasteiger partial charge on any atom is -0.339 e. The molecule has 0 radical (unpaired) electrons. The third-order valence-electron chi connectivity index (χ3n) is 6.82. The van der Waals surface area contributed by atoms with Crippen LogP contribution in [0.25, 0.3) is 33.2 Å². The van der Waals surface area contributed by atoms with Gasteiger partial charge in [0.1, 0.15) is 11.5 Å². The summed E-state index contributed by atoms with van der Waals surface area (Å²) in [6.45, 7) is -1.18. The average molecular weight is 505 g/mol. The molecule has 1 aliphatic heterocycles. The predicted molar refractivity (Wildman–Crippen MR) is 135 cm³/mol. The first kappa shape index (κ1) is 23.1. The molecule has 3 aromatic carbocycles. The van der Waals surface area contributed by atoms with Crippen LogP contribution < -0.4 is 4.90 Å². The summed E-state index contributed by atoms with van der Waals surface area (Å²) < 4.78 is 44.1. The summed E-state index contributed by atoms with van der Waals surface area (Å²) in [6.07, 6.45) is 0. The Balaban J connectivity index is 1.23. The van der Waals surface area contributed by atoms with Crippen molar-refractivity contribution in [2.45, 2.75) is 6.55 Å². The van der Waals surface area contributed by atoms with Crippen LogP contribution in [0.1, 0.15) is 16.9 Å². The molecule has 0 aliphatic carbocycles. The fourth-order valence-electron chi connectivity index (χ4n) is 4.98. The molecule has 2 aromatic heterocycles. The van der Waals surface area contributed by atoms with E-state index in [1.165, 1.54) is 12.1 Å². The summed E-state index contributed by atoms with van der Waals surface area (Å²) in [5, 5.41) is 5.37. The quantitative estimate of drug-likeness (QED) is 0.342. The number of hydrogen-bond acceptors (Lipinski definition) is 4. The third-order valence-corrected chi connectivity index (χ3v) is 6.82. The highest BCUT2D eigenvalue weighted by Gasteiger charge is 2.28. The van der Waals surface area contributed by atoms with Gasteiger partial charge < -0.3 is 9.80 Å². The number of amides is 1. The maximum Gasteiger partial charge on any atom is 0.321 e. The van der Waals surface area contributed by atoms with Gasteiger partial charge in [0.25, 0.3) is 5.91 Å². The predicted octanol–water partition coefficient (Wildman–Crippen LogP) is 5.09. The molecule has 5 aromatic rings. The molecule has 1 aliphatic rings. The Hall–Kier alpha value is -4.34. The van der Waals surface area contributed by atoms with Crippen molar-refractivity contribution in [2.24, 2.45) is 7.05 Å². The molecule has 37 heavy (non-hydrogen) atoms. The summed E-state index contributed by atoms with van der Waals surface area (Å²) in [4.78, 5) is 21.3. The minimum absolute atomic E-state index is 0.141. The number of anilines is 1. The van der Waals surface area contributed by atoms with Crippen molar-refractivity contribution in [3.8, 4) is 11.3 Å². The molecule has 0 N–H and O–H groups in total. The second kappa shape index (κ2) is 8.95. The number of fused-ring (bicyclic) bond motifs is 2. The molecule has 0 unspecified atom stereocenters. The monoisotopic (exact) mass is 504 g/mol. The van der Waals surface area contributed by atoms with Crippen LogP contribution in [-0.4, -0.2) is 56.3 Å². The molecule has 3 heterocycles. The number of para-hydroxylation sites is 2. The van der Waals surface area contributed by atoms with Crippen LogP contribution in [-0.2, 0) is 7.05 Å². The Morgan fingerprint density at radius 1 is 0.919 bits per heavy atom. The van der Waals surface area contributed by atoms with E-state index in [2.05, 4.69) is 10.1 Å². The van der Waals surface area contributed by atoms with Gasteiger partial charge in [0.2, 0.25) is 5.95 Å². The van der Waals surface area contributed by atoms with E-state index in [9.17, 15) is 18.0 Å². The average Bonchev–Trinajstić information content (AvgIpc) is 3.46. The number of hydrogen-bond donors (Lipinski definition) is 0. The van der Waals surface area contributed by atoms with Gasteiger partial charge >= 0.3 is 6.55 Å². The van der Waals surface area contributed by atoms with Crippen LogP contribution in [0.4, 0.5) is 19.1 Å². The lowest BCUT2D eigenvalue weighted by Gasteiger charge is -2.35. The van der Waals surface area contributed by atoms with E-state index in [0.29, 0.717) is 54.0 Å². The normalized spacial score (nSPS) is 14.3. The van der Waals surface area contributed by atoms with Gasteiger partial charge in [-0.25, -0.2) is 9.37 Å². The molecular formula is C27H23F3N6O. The summed E-state index contributed by atoms with van der Waals surface area (Å²) in [6, 6.07) is 18.4. The highest BCUT2D eigenvalue weighted by Crippen LogP contribution is 2.31. The number of rotatable bonds is 4. The van der Waals surface area contributed by atoms with Crippen LogP contribution in [0.3, 0.4) is 0 Å². The smallest absolute Gasteiger partial charge is 0.321 e. The van der Waals surface area contributed by atoms with Gasteiger partial charge in [-0.3, -0.25) is 14.0 Å². The second-order valence-corrected chi connectivity index (χ2v) is 9.04. The number of nitrogens with zero attached hydrogens (tertiary/aromatic N) is 6. The van der Waals surface area contributed by atoms with Gasteiger partial charge in [0, 0.05) is 49.7 Å².